The Morgan fingerprint density at radius 1 is 1.29 bits per heavy atom. The van der Waals surface area contributed by atoms with E-state index in [-0.39, 0.29) is 5.82 Å². The van der Waals surface area contributed by atoms with Crippen LogP contribution >= 0.6 is 11.3 Å². The Balaban J connectivity index is 2.47. The Bertz CT molecular complexity index is 519. The topological polar surface area (TPSA) is 12.0 Å². The van der Waals surface area contributed by atoms with Gasteiger partial charge in [0.25, 0.3) is 0 Å². The van der Waals surface area contributed by atoms with Crippen LogP contribution in [0.2, 0.25) is 0 Å². The van der Waals surface area contributed by atoms with Gasteiger partial charge >= 0.3 is 0 Å². The minimum Gasteiger partial charge on any atom is -0.313 e. The van der Waals surface area contributed by atoms with Gasteiger partial charge in [-0.1, -0.05) is 18.2 Å². The van der Waals surface area contributed by atoms with Crippen molar-refractivity contribution in [3.8, 4) is 10.4 Å². The van der Waals surface area contributed by atoms with Crippen LogP contribution in [0.3, 0.4) is 0 Å². The van der Waals surface area contributed by atoms with E-state index in [4.69, 9.17) is 0 Å². The van der Waals surface area contributed by atoms with Crippen LogP contribution in [0.5, 0.6) is 0 Å². The van der Waals surface area contributed by atoms with E-state index in [0.717, 1.165) is 10.4 Å². The van der Waals surface area contributed by atoms with Crippen molar-refractivity contribution in [2.24, 2.45) is 0 Å². The number of benzene rings is 1. The molecule has 0 saturated carbocycles. The lowest BCUT2D eigenvalue weighted by molar-refractivity contribution is 0.631. The maximum Gasteiger partial charge on any atom is 0.131 e. The summed E-state index contributed by atoms with van der Waals surface area (Å²) in [6, 6.07) is 9.38. The third kappa shape index (κ3) is 2.40. The predicted octanol–water partition coefficient (Wildman–Crippen LogP) is 4.14. The second-order valence-electron chi connectivity index (χ2n) is 4.15. The van der Waals surface area contributed by atoms with Gasteiger partial charge in [-0.25, -0.2) is 4.39 Å². The van der Waals surface area contributed by atoms with Crippen LogP contribution in [0.25, 0.3) is 10.4 Å². The summed E-state index contributed by atoms with van der Waals surface area (Å²) < 4.78 is 13.7. The van der Waals surface area contributed by atoms with Crippen molar-refractivity contribution < 1.29 is 4.39 Å². The van der Waals surface area contributed by atoms with Gasteiger partial charge in [-0.15, -0.1) is 11.3 Å². The van der Waals surface area contributed by atoms with Crippen LogP contribution in [0.1, 0.15) is 23.4 Å². The van der Waals surface area contributed by atoms with Gasteiger partial charge in [0.05, 0.1) is 0 Å². The largest absolute Gasteiger partial charge is 0.313 e. The molecule has 0 radical (unpaired) electrons. The van der Waals surface area contributed by atoms with Crippen LogP contribution < -0.4 is 5.32 Å². The average molecular weight is 249 g/mol. The molecule has 0 aliphatic carbocycles. The summed E-state index contributed by atoms with van der Waals surface area (Å²) in [7, 11) is 1.93. The molecule has 0 amide bonds. The highest BCUT2D eigenvalue weighted by atomic mass is 32.1. The highest BCUT2D eigenvalue weighted by Gasteiger charge is 2.13. The van der Waals surface area contributed by atoms with Crippen molar-refractivity contribution in [1.29, 1.82) is 0 Å². The monoisotopic (exact) mass is 249 g/mol. The van der Waals surface area contributed by atoms with Crippen LogP contribution in [0, 0.1) is 12.7 Å². The third-order valence-electron chi connectivity index (χ3n) is 2.92. The number of thiophene rings is 1. The lowest BCUT2D eigenvalue weighted by Gasteiger charge is -2.06. The van der Waals surface area contributed by atoms with Gasteiger partial charge in [0, 0.05) is 21.4 Å². The molecule has 0 spiro atoms. The Morgan fingerprint density at radius 3 is 2.65 bits per heavy atom. The average Bonchev–Trinajstić information content (AvgIpc) is 2.71. The fourth-order valence-electron chi connectivity index (χ4n) is 1.78. The molecular weight excluding hydrogens is 233 g/mol. The van der Waals surface area contributed by atoms with Crippen molar-refractivity contribution in [2.75, 3.05) is 7.05 Å². The second kappa shape index (κ2) is 4.98. The van der Waals surface area contributed by atoms with E-state index in [9.17, 15) is 4.39 Å². The molecule has 1 aromatic carbocycles. The molecule has 0 saturated heterocycles. The number of hydrogen-bond acceptors (Lipinski definition) is 2. The fraction of sp³-hybridized carbons (Fsp3) is 0.286. The molecule has 90 valence electrons. The summed E-state index contributed by atoms with van der Waals surface area (Å²) in [6.07, 6.45) is 0. The highest BCUT2D eigenvalue weighted by molar-refractivity contribution is 7.15. The normalized spacial score (nSPS) is 12.7. The number of halogens is 1. The van der Waals surface area contributed by atoms with Crippen molar-refractivity contribution in [2.45, 2.75) is 19.9 Å². The summed E-state index contributed by atoms with van der Waals surface area (Å²) in [6.45, 7) is 4.14. The van der Waals surface area contributed by atoms with Crippen LogP contribution in [0.15, 0.2) is 30.3 Å². The van der Waals surface area contributed by atoms with Crippen LogP contribution in [-0.2, 0) is 0 Å². The minimum atomic E-state index is -0.152. The van der Waals surface area contributed by atoms with Gasteiger partial charge in [0.1, 0.15) is 5.82 Å². The number of hydrogen-bond donors (Lipinski definition) is 1. The Labute approximate surface area is 105 Å². The van der Waals surface area contributed by atoms with E-state index in [0.29, 0.717) is 11.6 Å². The van der Waals surface area contributed by atoms with E-state index >= 15 is 0 Å². The first kappa shape index (κ1) is 12.3. The predicted molar refractivity (Wildman–Crippen MR) is 71.9 cm³/mol. The second-order valence-corrected chi connectivity index (χ2v) is 5.23. The lowest BCUT2D eigenvalue weighted by Crippen LogP contribution is -2.10. The smallest absolute Gasteiger partial charge is 0.131 e. The maximum absolute atomic E-state index is 13.7. The van der Waals surface area contributed by atoms with Crippen LogP contribution in [0.4, 0.5) is 4.39 Å². The number of rotatable bonds is 3. The first-order valence-electron chi connectivity index (χ1n) is 5.66. The highest BCUT2D eigenvalue weighted by Crippen LogP contribution is 2.36. The summed E-state index contributed by atoms with van der Waals surface area (Å²) in [4.78, 5) is 2.27. The van der Waals surface area contributed by atoms with Gasteiger partial charge < -0.3 is 5.32 Å². The fourth-order valence-corrected chi connectivity index (χ4v) is 3.04. The van der Waals surface area contributed by atoms with E-state index in [1.54, 1.807) is 17.4 Å². The third-order valence-corrected chi connectivity index (χ3v) is 4.37. The molecule has 2 aromatic rings. The number of aryl methyl sites for hydroxylation is 1. The lowest BCUT2D eigenvalue weighted by atomic mass is 10.1. The van der Waals surface area contributed by atoms with Gasteiger partial charge in [-0.3, -0.25) is 0 Å². The maximum atomic E-state index is 13.7. The summed E-state index contributed by atoms with van der Waals surface area (Å²) in [5.74, 6) is -0.152. The molecular formula is C14H16FNS. The van der Waals surface area contributed by atoms with Gasteiger partial charge in [0.15, 0.2) is 0 Å². The molecule has 17 heavy (non-hydrogen) atoms. The zero-order valence-electron chi connectivity index (χ0n) is 10.3. The molecule has 0 bridgehead atoms. The van der Waals surface area contributed by atoms with Gasteiger partial charge in [-0.05, 0) is 38.6 Å². The van der Waals surface area contributed by atoms with Crippen molar-refractivity contribution >= 4 is 11.3 Å². The summed E-state index contributed by atoms with van der Waals surface area (Å²) >= 11 is 1.66. The Hall–Kier alpha value is -1.19. The molecule has 0 aliphatic heterocycles. The molecule has 1 atom stereocenters. The molecule has 1 aromatic heterocycles. The zero-order valence-corrected chi connectivity index (χ0v) is 11.1. The molecule has 3 heteroatoms. The van der Waals surface area contributed by atoms with E-state index in [2.05, 4.69) is 18.3 Å². The Morgan fingerprint density at radius 2 is 2.00 bits per heavy atom. The first-order valence-corrected chi connectivity index (χ1v) is 6.47. The van der Waals surface area contributed by atoms with Crippen molar-refractivity contribution in [1.82, 2.24) is 5.32 Å². The van der Waals surface area contributed by atoms with Gasteiger partial charge in [-0.2, -0.15) is 0 Å². The molecule has 1 N–H and O–H groups in total. The summed E-state index contributed by atoms with van der Waals surface area (Å²) in [5.41, 5.74) is 1.83. The molecule has 1 unspecified atom stereocenters. The molecule has 1 nitrogen and oxygen atoms in total. The van der Waals surface area contributed by atoms with Gasteiger partial charge in [0.2, 0.25) is 0 Å². The van der Waals surface area contributed by atoms with E-state index in [1.807, 2.05) is 26.1 Å². The van der Waals surface area contributed by atoms with Crippen molar-refractivity contribution in [3.05, 3.63) is 46.6 Å². The molecule has 1 heterocycles. The Kier molecular flexibility index (Phi) is 3.60. The standard InChI is InChI=1S/C14H16FNS/c1-9-8-13(10(2)16-3)17-14(9)11-6-4-5-7-12(11)15/h4-8,10,16H,1-3H3. The molecule has 2 rings (SSSR count). The molecule has 0 aliphatic rings. The minimum absolute atomic E-state index is 0.152. The van der Waals surface area contributed by atoms with E-state index < -0.39 is 0 Å². The van der Waals surface area contributed by atoms with Crippen molar-refractivity contribution in [3.63, 3.8) is 0 Å². The zero-order chi connectivity index (χ0) is 12.4. The number of nitrogens with one attached hydrogen (secondary N) is 1. The SMILES string of the molecule is CNC(C)c1cc(C)c(-c2ccccc2F)s1. The van der Waals surface area contributed by atoms with E-state index in [1.165, 1.54) is 10.9 Å². The first-order chi connectivity index (χ1) is 8.13. The summed E-state index contributed by atoms with van der Waals surface area (Å²) in [5, 5.41) is 3.20. The van der Waals surface area contributed by atoms with Crippen LogP contribution in [-0.4, -0.2) is 7.05 Å². The molecule has 0 fully saturated rings. The quantitative estimate of drug-likeness (QED) is 0.862.